The fourth-order valence-electron chi connectivity index (χ4n) is 3.41. The first kappa shape index (κ1) is 21.5. The van der Waals surface area contributed by atoms with E-state index in [4.69, 9.17) is 0 Å². The molecule has 1 aliphatic rings. The molecule has 1 atom stereocenters. The van der Waals surface area contributed by atoms with Crippen LogP contribution in [-0.4, -0.2) is 32.3 Å². The molecule has 1 aliphatic heterocycles. The number of benzene rings is 1. The predicted octanol–water partition coefficient (Wildman–Crippen LogP) is 4.39. The average Bonchev–Trinajstić information content (AvgIpc) is 3.42. The lowest BCUT2D eigenvalue weighted by atomic mass is 10.0. The van der Waals surface area contributed by atoms with E-state index in [0.29, 0.717) is 23.7 Å². The van der Waals surface area contributed by atoms with Crippen LogP contribution < -0.4 is 5.56 Å². The number of carbonyl (C=O) groups is 1. The molecule has 0 spiro atoms. The van der Waals surface area contributed by atoms with Crippen LogP contribution >= 0.6 is 23.1 Å². The third-order valence-corrected chi connectivity index (χ3v) is 6.61. The van der Waals surface area contributed by atoms with E-state index in [9.17, 15) is 14.0 Å². The highest BCUT2D eigenvalue weighted by molar-refractivity contribution is 7.99. The number of hydrogen-bond acceptors (Lipinski definition) is 6. The highest BCUT2D eigenvalue weighted by Gasteiger charge is 2.33. The summed E-state index contributed by atoms with van der Waals surface area (Å²) in [4.78, 5) is 33.1. The van der Waals surface area contributed by atoms with Crippen molar-refractivity contribution in [1.82, 2.24) is 15.0 Å². The van der Waals surface area contributed by atoms with Crippen molar-refractivity contribution in [1.29, 1.82) is 0 Å². The van der Waals surface area contributed by atoms with E-state index in [1.165, 1.54) is 35.0 Å². The number of aromatic nitrogens is 2. The molecule has 1 aromatic carbocycles. The Morgan fingerprint density at radius 2 is 2.13 bits per heavy atom. The summed E-state index contributed by atoms with van der Waals surface area (Å²) in [5.41, 5.74) is 2.15. The molecule has 9 heteroatoms. The van der Waals surface area contributed by atoms with Gasteiger partial charge in [0.25, 0.3) is 11.5 Å². The van der Waals surface area contributed by atoms with Crippen LogP contribution in [0.4, 0.5) is 4.39 Å². The molecule has 0 fully saturated rings. The molecule has 3 heterocycles. The summed E-state index contributed by atoms with van der Waals surface area (Å²) in [5, 5.41) is 8.46. The number of aryl methyl sites for hydroxylation is 1. The zero-order valence-corrected chi connectivity index (χ0v) is 18.5. The number of halogens is 1. The highest BCUT2D eigenvalue weighted by Crippen LogP contribution is 2.34. The van der Waals surface area contributed by atoms with Crippen LogP contribution in [0.3, 0.4) is 0 Å². The summed E-state index contributed by atoms with van der Waals surface area (Å²) < 4.78 is 13.4. The summed E-state index contributed by atoms with van der Waals surface area (Å²) in [6.45, 7) is 2.02. The maximum Gasteiger partial charge on any atom is 0.253 e. The lowest BCUT2D eigenvalue weighted by Gasteiger charge is -2.22. The van der Waals surface area contributed by atoms with Gasteiger partial charge in [0.1, 0.15) is 5.82 Å². The van der Waals surface area contributed by atoms with E-state index in [2.05, 4.69) is 15.1 Å². The smallest absolute Gasteiger partial charge is 0.253 e. The standard InChI is InChI=1S/C22H21FN4O2S2/c1-2-4-16-11-20(28)25-22(24-16)31-13-21(29)27-18(14-6-8-15(23)9-7-14)12-17(26-27)19-5-3-10-30-19/h3,5-11,18H,2,4,12-13H2,1H3,(H,24,25,28). The van der Waals surface area contributed by atoms with E-state index < -0.39 is 0 Å². The van der Waals surface area contributed by atoms with Gasteiger partial charge in [-0.15, -0.1) is 11.3 Å². The zero-order valence-electron chi connectivity index (χ0n) is 16.9. The van der Waals surface area contributed by atoms with Crippen molar-refractivity contribution in [3.8, 4) is 0 Å². The minimum Gasteiger partial charge on any atom is -0.301 e. The highest BCUT2D eigenvalue weighted by atomic mass is 32.2. The minimum atomic E-state index is -0.323. The van der Waals surface area contributed by atoms with Gasteiger partial charge in [-0.1, -0.05) is 43.3 Å². The zero-order chi connectivity index (χ0) is 21.8. The largest absolute Gasteiger partial charge is 0.301 e. The molecule has 2 aromatic heterocycles. The van der Waals surface area contributed by atoms with Gasteiger partial charge in [0.15, 0.2) is 5.16 Å². The van der Waals surface area contributed by atoms with Gasteiger partial charge in [-0.25, -0.2) is 14.4 Å². The SMILES string of the molecule is CCCc1cc(=O)[nH]c(SCC(=O)N2N=C(c3cccs3)CC2c2ccc(F)cc2)n1. The van der Waals surface area contributed by atoms with Gasteiger partial charge in [-0.2, -0.15) is 5.10 Å². The van der Waals surface area contributed by atoms with Gasteiger partial charge in [0.2, 0.25) is 0 Å². The van der Waals surface area contributed by atoms with Crippen LogP contribution in [0.1, 0.15) is 41.9 Å². The van der Waals surface area contributed by atoms with Crippen LogP contribution in [0.15, 0.2) is 62.9 Å². The van der Waals surface area contributed by atoms with Crippen molar-refractivity contribution in [3.05, 3.63) is 80.2 Å². The Bertz CT molecular complexity index is 1140. The number of aromatic amines is 1. The van der Waals surface area contributed by atoms with Crippen molar-refractivity contribution in [2.24, 2.45) is 5.10 Å². The van der Waals surface area contributed by atoms with E-state index in [1.807, 2.05) is 24.4 Å². The summed E-state index contributed by atoms with van der Waals surface area (Å²) in [5.74, 6) is -0.441. The molecular formula is C22H21FN4O2S2. The number of thioether (sulfide) groups is 1. The molecule has 0 saturated heterocycles. The van der Waals surface area contributed by atoms with Crippen molar-refractivity contribution in [3.63, 3.8) is 0 Å². The first-order chi connectivity index (χ1) is 15.0. The number of hydrazone groups is 1. The Balaban J connectivity index is 1.54. The molecule has 6 nitrogen and oxygen atoms in total. The molecule has 0 aliphatic carbocycles. The maximum absolute atomic E-state index is 13.4. The van der Waals surface area contributed by atoms with Crippen LogP contribution in [0.2, 0.25) is 0 Å². The number of rotatable bonds is 7. The quantitative estimate of drug-likeness (QED) is 0.422. The second-order valence-electron chi connectivity index (χ2n) is 7.11. The molecule has 31 heavy (non-hydrogen) atoms. The Morgan fingerprint density at radius 3 is 2.84 bits per heavy atom. The number of H-pyrrole nitrogens is 1. The Morgan fingerprint density at radius 1 is 1.32 bits per heavy atom. The number of amides is 1. The molecule has 3 aromatic rings. The molecule has 1 unspecified atom stereocenters. The third kappa shape index (κ3) is 5.11. The number of hydrogen-bond donors (Lipinski definition) is 1. The Kier molecular flexibility index (Phi) is 6.62. The van der Waals surface area contributed by atoms with Crippen molar-refractivity contribution in [2.45, 2.75) is 37.4 Å². The van der Waals surface area contributed by atoms with Gasteiger partial charge >= 0.3 is 0 Å². The van der Waals surface area contributed by atoms with Gasteiger partial charge in [0, 0.05) is 18.2 Å². The van der Waals surface area contributed by atoms with E-state index in [-0.39, 0.29) is 29.1 Å². The average molecular weight is 457 g/mol. The minimum absolute atomic E-state index is 0.0808. The molecule has 1 N–H and O–H groups in total. The van der Waals surface area contributed by atoms with Gasteiger partial charge < -0.3 is 4.98 Å². The van der Waals surface area contributed by atoms with Crippen LogP contribution in [0, 0.1) is 5.82 Å². The molecular weight excluding hydrogens is 435 g/mol. The van der Waals surface area contributed by atoms with Gasteiger partial charge in [-0.3, -0.25) is 9.59 Å². The number of carbonyl (C=O) groups excluding carboxylic acids is 1. The van der Waals surface area contributed by atoms with Crippen molar-refractivity contribution in [2.75, 3.05) is 5.75 Å². The first-order valence-electron chi connectivity index (χ1n) is 9.95. The van der Waals surface area contributed by atoms with Gasteiger partial charge in [-0.05, 0) is 35.6 Å². The summed E-state index contributed by atoms with van der Waals surface area (Å²) in [7, 11) is 0. The fraction of sp³-hybridized carbons (Fsp3) is 0.273. The fourth-order valence-corrected chi connectivity index (χ4v) is 4.88. The predicted molar refractivity (Wildman–Crippen MR) is 121 cm³/mol. The molecule has 0 saturated carbocycles. The second kappa shape index (κ2) is 9.57. The summed E-state index contributed by atoms with van der Waals surface area (Å²) >= 11 is 2.75. The summed E-state index contributed by atoms with van der Waals surface area (Å²) in [6, 6.07) is 11.3. The Hall–Kier alpha value is -2.78. The van der Waals surface area contributed by atoms with Crippen LogP contribution in [-0.2, 0) is 11.2 Å². The number of nitrogens with one attached hydrogen (secondary N) is 1. The van der Waals surface area contributed by atoms with E-state index in [1.54, 1.807) is 23.5 Å². The number of nitrogens with zero attached hydrogens (tertiary/aromatic N) is 3. The lowest BCUT2D eigenvalue weighted by Crippen LogP contribution is -2.28. The van der Waals surface area contributed by atoms with Crippen LogP contribution in [0.25, 0.3) is 0 Å². The Labute approximate surface area is 187 Å². The summed E-state index contributed by atoms with van der Waals surface area (Å²) in [6.07, 6.45) is 2.15. The van der Waals surface area contributed by atoms with Crippen LogP contribution in [0.5, 0.6) is 0 Å². The van der Waals surface area contributed by atoms with Gasteiger partial charge in [0.05, 0.1) is 22.4 Å². The second-order valence-corrected chi connectivity index (χ2v) is 9.03. The molecule has 1 amide bonds. The molecule has 0 radical (unpaired) electrons. The van der Waals surface area contributed by atoms with Crippen molar-refractivity contribution >= 4 is 34.7 Å². The van der Waals surface area contributed by atoms with E-state index >= 15 is 0 Å². The topological polar surface area (TPSA) is 78.4 Å². The number of thiophene rings is 1. The maximum atomic E-state index is 13.4. The third-order valence-electron chi connectivity index (χ3n) is 4.84. The molecule has 160 valence electrons. The first-order valence-corrected chi connectivity index (χ1v) is 11.8. The molecule has 4 rings (SSSR count). The lowest BCUT2D eigenvalue weighted by molar-refractivity contribution is -0.130. The monoisotopic (exact) mass is 456 g/mol. The normalized spacial score (nSPS) is 15.9. The van der Waals surface area contributed by atoms with Crippen molar-refractivity contribution < 1.29 is 9.18 Å². The molecule has 0 bridgehead atoms. The van der Waals surface area contributed by atoms with E-state index in [0.717, 1.165) is 22.6 Å².